The lowest BCUT2D eigenvalue weighted by atomic mass is 10.2. The summed E-state index contributed by atoms with van der Waals surface area (Å²) in [6.07, 6.45) is 7.29. The van der Waals surface area contributed by atoms with Crippen molar-refractivity contribution in [2.75, 3.05) is 6.54 Å². The largest absolute Gasteiger partial charge is 0.366 e. The number of unbranched alkanes of at least 4 members (excludes halogenated alkanes) is 3. The van der Waals surface area contributed by atoms with Gasteiger partial charge in [-0.15, -0.1) is 0 Å². The molecule has 0 atom stereocenters. The molecule has 4 heteroatoms. The molecule has 0 radical (unpaired) electrons. The lowest BCUT2D eigenvalue weighted by molar-refractivity contribution is -0.117. The molecule has 116 valence electrons. The zero-order chi connectivity index (χ0) is 16.0. The van der Waals surface area contributed by atoms with Gasteiger partial charge in [-0.3, -0.25) is 9.59 Å². The van der Waals surface area contributed by atoms with Gasteiger partial charge in [-0.05, 0) is 26.7 Å². The van der Waals surface area contributed by atoms with Crippen LogP contribution in [0.1, 0.15) is 59.8 Å². The Morgan fingerprint density at radius 2 is 1.70 bits per heavy atom. The highest BCUT2D eigenvalue weighted by Gasteiger charge is 1.97. The van der Waals surface area contributed by atoms with E-state index in [4.69, 9.17) is 5.73 Å². The third-order valence-corrected chi connectivity index (χ3v) is 2.60. The standard InChI is InChI=1S/2C8H15NO/c1-4-5-6-9-8(10)7(2)3;1-3-4-5-6-7(2)8(9)10/h2,4-6H2,1,3H3,(H,9,10);6H,3-5H2,1-2H3,(H2,9,10). The molecule has 0 aromatic heterocycles. The predicted molar refractivity (Wildman–Crippen MR) is 85.2 cm³/mol. The number of carbonyl (C=O) groups excluding carboxylic acids is 2. The first-order valence-electron chi connectivity index (χ1n) is 7.27. The summed E-state index contributed by atoms with van der Waals surface area (Å²) < 4.78 is 0. The van der Waals surface area contributed by atoms with Crippen LogP contribution >= 0.6 is 0 Å². The quantitative estimate of drug-likeness (QED) is 0.530. The van der Waals surface area contributed by atoms with Crippen LogP contribution in [0.25, 0.3) is 0 Å². The monoisotopic (exact) mass is 282 g/mol. The number of hydrogen-bond acceptors (Lipinski definition) is 2. The maximum atomic E-state index is 10.8. The molecule has 0 bridgehead atoms. The molecule has 0 aromatic carbocycles. The van der Waals surface area contributed by atoms with Crippen molar-refractivity contribution in [3.8, 4) is 0 Å². The Morgan fingerprint density at radius 1 is 1.15 bits per heavy atom. The van der Waals surface area contributed by atoms with Gasteiger partial charge in [-0.2, -0.15) is 0 Å². The second-order valence-corrected chi connectivity index (χ2v) is 4.78. The minimum absolute atomic E-state index is 0.0338. The molecule has 0 spiro atoms. The Hall–Kier alpha value is -1.58. The Labute approximate surface area is 123 Å². The van der Waals surface area contributed by atoms with Crippen molar-refractivity contribution in [2.45, 2.75) is 59.8 Å². The average Bonchev–Trinajstić information content (AvgIpc) is 2.39. The highest BCUT2D eigenvalue weighted by Crippen LogP contribution is 1.99. The van der Waals surface area contributed by atoms with Gasteiger partial charge in [-0.25, -0.2) is 0 Å². The van der Waals surface area contributed by atoms with Gasteiger partial charge >= 0.3 is 0 Å². The van der Waals surface area contributed by atoms with Crippen molar-refractivity contribution in [1.82, 2.24) is 5.32 Å². The van der Waals surface area contributed by atoms with Gasteiger partial charge in [0.05, 0.1) is 0 Å². The van der Waals surface area contributed by atoms with Crippen LogP contribution < -0.4 is 11.1 Å². The molecule has 0 aromatic rings. The normalized spacial score (nSPS) is 10.3. The number of nitrogens with two attached hydrogens (primary N) is 1. The molecular formula is C16H30N2O2. The molecular weight excluding hydrogens is 252 g/mol. The fraction of sp³-hybridized carbons (Fsp3) is 0.625. The summed E-state index contributed by atoms with van der Waals surface area (Å²) in [5.41, 5.74) is 6.27. The first-order chi connectivity index (χ1) is 9.36. The topological polar surface area (TPSA) is 72.2 Å². The smallest absolute Gasteiger partial charge is 0.246 e. The Morgan fingerprint density at radius 3 is 2.10 bits per heavy atom. The van der Waals surface area contributed by atoms with E-state index in [0.717, 1.165) is 38.6 Å². The van der Waals surface area contributed by atoms with E-state index in [1.807, 2.05) is 6.08 Å². The van der Waals surface area contributed by atoms with Gasteiger partial charge in [0.1, 0.15) is 0 Å². The van der Waals surface area contributed by atoms with E-state index in [-0.39, 0.29) is 11.8 Å². The maximum absolute atomic E-state index is 10.8. The third kappa shape index (κ3) is 14.5. The molecule has 0 aliphatic rings. The zero-order valence-corrected chi connectivity index (χ0v) is 13.4. The first-order valence-corrected chi connectivity index (χ1v) is 7.27. The second kappa shape index (κ2) is 13.8. The summed E-state index contributed by atoms with van der Waals surface area (Å²) in [5.74, 6) is -0.343. The van der Waals surface area contributed by atoms with E-state index in [9.17, 15) is 9.59 Å². The Kier molecular flexibility index (Phi) is 14.3. The molecule has 0 saturated carbocycles. The molecule has 0 rings (SSSR count). The van der Waals surface area contributed by atoms with Crippen molar-refractivity contribution < 1.29 is 9.59 Å². The lowest BCUT2D eigenvalue weighted by Gasteiger charge is -2.01. The summed E-state index contributed by atoms with van der Waals surface area (Å²) in [6, 6.07) is 0. The fourth-order valence-corrected chi connectivity index (χ4v) is 1.15. The minimum atomic E-state index is -0.309. The van der Waals surface area contributed by atoms with E-state index in [1.54, 1.807) is 13.8 Å². The number of allylic oxidation sites excluding steroid dienone is 1. The molecule has 0 saturated heterocycles. The Balaban J connectivity index is 0. The van der Waals surface area contributed by atoms with Crippen LogP contribution in [0.4, 0.5) is 0 Å². The molecule has 0 fully saturated rings. The SMILES string of the molecule is C=C(C)C(=O)NCCCC.CCCCC=C(C)C(N)=O. The summed E-state index contributed by atoms with van der Waals surface area (Å²) in [5, 5.41) is 2.74. The van der Waals surface area contributed by atoms with Crippen molar-refractivity contribution in [3.63, 3.8) is 0 Å². The molecule has 0 aliphatic heterocycles. The number of rotatable bonds is 8. The molecule has 0 aliphatic carbocycles. The van der Waals surface area contributed by atoms with Crippen molar-refractivity contribution >= 4 is 11.8 Å². The number of hydrogen-bond donors (Lipinski definition) is 2. The minimum Gasteiger partial charge on any atom is -0.366 e. The van der Waals surface area contributed by atoms with Gasteiger partial charge < -0.3 is 11.1 Å². The average molecular weight is 282 g/mol. The van der Waals surface area contributed by atoms with Crippen LogP contribution in [0.15, 0.2) is 23.8 Å². The van der Waals surface area contributed by atoms with Crippen molar-refractivity contribution in [3.05, 3.63) is 23.8 Å². The summed E-state index contributed by atoms with van der Waals surface area (Å²) >= 11 is 0. The predicted octanol–water partition coefficient (Wildman–Crippen LogP) is 3.09. The second-order valence-electron chi connectivity index (χ2n) is 4.78. The number of amides is 2. The van der Waals surface area contributed by atoms with Crippen molar-refractivity contribution in [1.29, 1.82) is 0 Å². The van der Waals surface area contributed by atoms with Crippen LogP contribution in [-0.2, 0) is 9.59 Å². The summed E-state index contributed by atoms with van der Waals surface area (Å²) in [6.45, 7) is 12.0. The fourth-order valence-electron chi connectivity index (χ4n) is 1.15. The first kappa shape index (κ1) is 20.7. The number of nitrogens with one attached hydrogen (secondary N) is 1. The van der Waals surface area contributed by atoms with Gasteiger partial charge in [0.2, 0.25) is 11.8 Å². The molecule has 20 heavy (non-hydrogen) atoms. The highest BCUT2D eigenvalue weighted by atomic mass is 16.2. The van der Waals surface area contributed by atoms with Crippen LogP contribution in [-0.4, -0.2) is 18.4 Å². The van der Waals surface area contributed by atoms with Crippen LogP contribution in [0.5, 0.6) is 0 Å². The van der Waals surface area contributed by atoms with E-state index in [1.165, 1.54) is 0 Å². The van der Waals surface area contributed by atoms with E-state index < -0.39 is 0 Å². The highest BCUT2D eigenvalue weighted by molar-refractivity contribution is 5.92. The molecule has 0 unspecified atom stereocenters. The zero-order valence-electron chi connectivity index (χ0n) is 13.4. The van der Waals surface area contributed by atoms with Crippen LogP contribution in [0.3, 0.4) is 0 Å². The van der Waals surface area contributed by atoms with Crippen molar-refractivity contribution in [2.24, 2.45) is 5.73 Å². The van der Waals surface area contributed by atoms with Gasteiger partial charge in [0, 0.05) is 17.7 Å². The van der Waals surface area contributed by atoms with Crippen LogP contribution in [0.2, 0.25) is 0 Å². The van der Waals surface area contributed by atoms with E-state index >= 15 is 0 Å². The summed E-state index contributed by atoms with van der Waals surface area (Å²) in [7, 11) is 0. The van der Waals surface area contributed by atoms with Gasteiger partial charge in [0.25, 0.3) is 0 Å². The maximum Gasteiger partial charge on any atom is 0.246 e. The molecule has 3 N–H and O–H groups in total. The molecule has 2 amide bonds. The summed E-state index contributed by atoms with van der Waals surface area (Å²) in [4.78, 5) is 21.3. The third-order valence-electron chi connectivity index (χ3n) is 2.60. The number of carbonyl (C=O) groups is 2. The molecule has 4 nitrogen and oxygen atoms in total. The van der Waals surface area contributed by atoms with E-state index in [0.29, 0.717) is 11.1 Å². The Bertz CT molecular complexity index is 333. The number of primary amides is 1. The lowest BCUT2D eigenvalue weighted by Crippen LogP contribution is -2.24. The molecule has 0 heterocycles. The van der Waals surface area contributed by atoms with Crippen LogP contribution in [0, 0.1) is 0 Å². The van der Waals surface area contributed by atoms with Gasteiger partial charge in [0.15, 0.2) is 0 Å². The van der Waals surface area contributed by atoms with E-state index in [2.05, 4.69) is 25.7 Å². The van der Waals surface area contributed by atoms with Gasteiger partial charge in [-0.1, -0.05) is 45.8 Å².